The lowest BCUT2D eigenvalue weighted by atomic mass is 10.0. The van der Waals surface area contributed by atoms with Crippen LogP contribution in [0, 0.1) is 0 Å². The van der Waals surface area contributed by atoms with Gasteiger partial charge in [-0.15, -0.1) is 0 Å². The maximum atomic E-state index is 13.2. The number of nitrogens with one attached hydrogen (secondary N) is 1. The summed E-state index contributed by atoms with van der Waals surface area (Å²) in [4.78, 5) is 11.2. The van der Waals surface area contributed by atoms with Gasteiger partial charge < -0.3 is 15.0 Å². The van der Waals surface area contributed by atoms with Gasteiger partial charge in [0, 0.05) is 42.6 Å². The van der Waals surface area contributed by atoms with Gasteiger partial charge >= 0.3 is 6.18 Å². The van der Waals surface area contributed by atoms with Crippen molar-refractivity contribution in [1.82, 2.24) is 14.4 Å². The molecule has 2 aromatic carbocycles. The molecule has 1 atom stereocenters. The highest BCUT2D eigenvalue weighted by atomic mass is 19.4. The van der Waals surface area contributed by atoms with Crippen LogP contribution in [-0.4, -0.2) is 40.7 Å². The average molecular weight is 441 g/mol. The number of hydrogen-bond donors (Lipinski definition) is 1. The second-order valence-corrected chi connectivity index (χ2v) is 7.85. The van der Waals surface area contributed by atoms with Gasteiger partial charge in [-0.3, -0.25) is 4.40 Å². The predicted octanol–water partition coefficient (Wildman–Crippen LogP) is 4.91. The van der Waals surface area contributed by atoms with Gasteiger partial charge in [-0.1, -0.05) is 12.1 Å². The highest BCUT2D eigenvalue weighted by Crippen LogP contribution is 2.33. The van der Waals surface area contributed by atoms with Crippen LogP contribution in [0.2, 0.25) is 0 Å². The van der Waals surface area contributed by atoms with Crippen LogP contribution < -0.4 is 10.2 Å². The summed E-state index contributed by atoms with van der Waals surface area (Å²) < 4.78 is 46.9. The summed E-state index contributed by atoms with van der Waals surface area (Å²) in [6.07, 6.45) is -0.862. The highest BCUT2D eigenvalue weighted by molar-refractivity contribution is 5.93. The van der Waals surface area contributed by atoms with Crippen molar-refractivity contribution in [2.45, 2.75) is 19.1 Å². The summed E-state index contributed by atoms with van der Waals surface area (Å²) in [5, 5.41) is 4.19. The number of benzene rings is 2. The number of halogens is 3. The lowest BCUT2D eigenvalue weighted by Gasteiger charge is -2.29. The van der Waals surface area contributed by atoms with Crippen LogP contribution in [-0.2, 0) is 10.9 Å². The Kier molecular flexibility index (Phi) is 5.13. The van der Waals surface area contributed by atoms with E-state index in [0.717, 1.165) is 35.7 Å². The molecule has 0 aliphatic carbocycles. The van der Waals surface area contributed by atoms with Crippen molar-refractivity contribution >= 4 is 28.2 Å². The Hall–Kier alpha value is -3.33. The molecule has 6 nitrogen and oxygen atoms in total. The summed E-state index contributed by atoms with van der Waals surface area (Å²) in [6.45, 7) is 4.78. The molecule has 1 saturated heterocycles. The molecular formula is C23H22F3N5O. The van der Waals surface area contributed by atoms with Crippen LogP contribution >= 0.6 is 0 Å². The Morgan fingerprint density at radius 2 is 1.91 bits per heavy atom. The summed E-state index contributed by atoms with van der Waals surface area (Å²) in [5.74, 6) is 1.11. The van der Waals surface area contributed by atoms with Gasteiger partial charge in [-0.2, -0.15) is 18.2 Å². The fourth-order valence-electron chi connectivity index (χ4n) is 4.05. The first kappa shape index (κ1) is 20.6. The zero-order valence-electron chi connectivity index (χ0n) is 17.4. The Morgan fingerprint density at radius 3 is 2.69 bits per heavy atom. The minimum absolute atomic E-state index is 0.391. The van der Waals surface area contributed by atoms with E-state index in [1.165, 1.54) is 12.1 Å². The van der Waals surface area contributed by atoms with Gasteiger partial charge in [-0.25, -0.2) is 4.98 Å². The normalized spacial score (nSPS) is 15.9. The molecule has 1 fully saturated rings. The Labute approximate surface area is 182 Å². The van der Waals surface area contributed by atoms with Crippen molar-refractivity contribution in [2.24, 2.45) is 0 Å². The number of nitrogens with zero attached hydrogens (tertiary/aromatic N) is 4. The first-order valence-electron chi connectivity index (χ1n) is 10.4. The molecule has 1 aliphatic heterocycles. The zero-order valence-corrected chi connectivity index (χ0v) is 17.4. The molecule has 0 radical (unpaired) electrons. The lowest BCUT2D eigenvalue weighted by molar-refractivity contribution is -0.137. The zero-order chi connectivity index (χ0) is 22.3. The van der Waals surface area contributed by atoms with Crippen LogP contribution in [0.1, 0.15) is 24.1 Å². The number of rotatable bonds is 4. The minimum atomic E-state index is -4.39. The number of hydrogen-bond acceptors (Lipinski definition) is 5. The summed E-state index contributed by atoms with van der Waals surface area (Å²) >= 11 is 0. The van der Waals surface area contributed by atoms with Crippen LogP contribution in [0.4, 0.5) is 24.7 Å². The van der Waals surface area contributed by atoms with Crippen LogP contribution in [0.25, 0.3) is 16.7 Å². The van der Waals surface area contributed by atoms with Crippen molar-refractivity contribution in [2.75, 3.05) is 36.5 Å². The van der Waals surface area contributed by atoms with Gasteiger partial charge in [0.15, 0.2) is 0 Å². The lowest BCUT2D eigenvalue weighted by Crippen LogP contribution is -2.36. The molecule has 166 valence electrons. The van der Waals surface area contributed by atoms with Crippen molar-refractivity contribution < 1.29 is 17.9 Å². The third-order valence-electron chi connectivity index (χ3n) is 5.77. The van der Waals surface area contributed by atoms with E-state index in [2.05, 4.69) is 32.3 Å². The third-order valence-corrected chi connectivity index (χ3v) is 5.77. The largest absolute Gasteiger partial charge is 0.416 e. The summed E-state index contributed by atoms with van der Waals surface area (Å²) in [5.41, 5.74) is 1.84. The van der Waals surface area contributed by atoms with E-state index in [1.54, 1.807) is 12.3 Å². The first-order valence-corrected chi connectivity index (χ1v) is 10.4. The van der Waals surface area contributed by atoms with E-state index in [4.69, 9.17) is 4.74 Å². The molecule has 4 aromatic rings. The Bertz CT molecular complexity index is 1260. The van der Waals surface area contributed by atoms with E-state index < -0.39 is 17.8 Å². The standard InChI is InChI=1S/C23H22F3N5O/c1-15(16-3-2-4-17(13-16)23(24,25)26)28-21-19-14-18(30-9-11-32-12-10-30)5-6-20(19)31-8-7-27-22(31)29-21/h2-8,13-15H,9-12H2,1H3,(H,27,28,29). The van der Waals surface area contributed by atoms with Crippen LogP contribution in [0.3, 0.4) is 0 Å². The van der Waals surface area contributed by atoms with E-state index in [9.17, 15) is 13.2 Å². The fraction of sp³-hybridized carbons (Fsp3) is 0.304. The van der Waals surface area contributed by atoms with Crippen LogP contribution in [0.5, 0.6) is 0 Å². The summed E-state index contributed by atoms with van der Waals surface area (Å²) in [6, 6.07) is 11.1. The number of anilines is 2. The van der Waals surface area contributed by atoms with Gasteiger partial charge in [0.25, 0.3) is 0 Å². The number of morpholine rings is 1. The molecule has 1 aliphatic rings. The molecular weight excluding hydrogens is 419 g/mol. The van der Waals surface area contributed by atoms with Gasteiger partial charge in [0.1, 0.15) is 5.82 Å². The minimum Gasteiger partial charge on any atom is -0.378 e. The third kappa shape index (κ3) is 3.84. The molecule has 2 aromatic heterocycles. The van der Waals surface area contributed by atoms with Crippen LogP contribution in [0.15, 0.2) is 54.9 Å². The highest BCUT2D eigenvalue weighted by Gasteiger charge is 2.30. The smallest absolute Gasteiger partial charge is 0.378 e. The molecule has 5 rings (SSSR count). The number of ether oxygens (including phenoxy) is 1. The molecule has 0 amide bonds. The average Bonchev–Trinajstić information content (AvgIpc) is 3.27. The molecule has 1 N–H and O–H groups in total. The van der Waals surface area contributed by atoms with Gasteiger partial charge in [-0.05, 0) is 42.8 Å². The molecule has 3 heterocycles. The number of alkyl halides is 3. The number of aromatic nitrogens is 3. The maximum absolute atomic E-state index is 13.2. The molecule has 0 bridgehead atoms. The molecule has 0 spiro atoms. The number of fused-ring (bicyclic) bond motifs is 3. The number of imidazole rings is 1. The topological polar surface area (TPSA) is 54.7 Å². The van der Waals surface area contributed by atoms with E-state index in [-0.39, 0.29) is 0 Å². The van der Waals surface area contributed by atoms with E-state index in [0.29, 0.717) is 30.4 Å². The second kappa shape index (κ2) is 7.98. The molecule has 32 heavy (non-hydrogen) atoms. The quantitative estimate of drug-likeness (QED) is 0.488. The van der Waals surface area contributed by atoms with E-state index >= 15 is 0 Å². The van der Waals surface area contributed by atoms with E-state index in [1.807, 2.05) is 23.6 Å². The predicted molar refractivity (Wildman–Crippen MR) is 117 cm³/mol. The first-order chi connectivity index (χ1) is 15.4. The summed E-state index contributed by atoms with van der Waals surface area (Å²) in [7, 11) is 0. The monoisotopic (exact) mass is 441 g/mol. The van der Waals surface area contributed by atoms with Crippen molar-refractivity contribution in [3.8, 4) is 0 Å². The van der Waals surface area contributed by atoms with Crippen molar-refractivity contribution in [3.63, 3.8) is 0 Å². The molecule has 9 heteroatoms. The fourth-order valence-corrected chi connectivity index (χ4v) is 4.05. The Morgan fingerprint density at radius 1 is 1.09 bits per heavy atom. The maximum Gasteiger partial charge on any atom is 0.416 e. The molecule has 1 unspecified atom stereocenters. The van der Waals surface area contributed by atoms with Crippen molar-refractivity contribution in [3.05, 3.63) is 66.0 Å². The second-order valence-electron chi connectivity index (χ2n) is 7.85. The van der Waals surface area contributed by atoms with Gasteiger partial charge in [0.05, 0.1) is 24.3 Å². The SMILES string of the molecule is CC(Nc1nc2nccn2c2ccc(N3CCOCC3)cc12)c1cccc(C(F)(F)F)c1. The molecule has 0 saturated carbocycles. The van der Waals surface area contributed by atoms with Gasteiger partial charge in [0.2, 0.25) is 5.78 Å². The van der Waals surface area contributed by atoms with Crippen molar-refractivity contribution in [1.29, 1.82) is 0 Å². The Balaban J connectivity index is 1.55.